The fourth-order valence-corrected chi connectivity index (χ4v) is 1.45. The maximum absolute atomic E-state index is 11.9. The van der Waals surface area contributed by atoms with Crippen LogP contribution >= 0.6 is 0 Å². The summed E-state index contributed by atoms with van der Waals surface area (Å²) in [6.45, 7) is 0. The minimum absolute atomic E-state index is 0.0202. The molecule has 0 heterocycles. The summed E-state index contributed by atoms with van der Waals surface area (Å²) in [5.74, 6) is -3.87. The second-order valence-electron chi connectivity index (χ2n) is 3.51. The van der Waals surface area contributed by atoms with Gasteiger partial charge in [-0.25, -0.2) is 0 Å². The van der Waals surface area contributed by atoms with Crippen molar-refractivity contribution in [3.63, 3.8) is 0 Å². The summed E-state index contributed by atoms with van der Waals surface area (Å²) >= 11 is 0. The zero-order valence-electron chi connectivity index (χ0n) is 8.12. The summed E-state index contributed by atoms with van der Waals surface area (Å²) in [5, 5.41) is 10.4. The monoisotopic (exact) mass is 237 g/mol. The van der Waals surface area contributed by atoms with Crippen LogP contribution in [0.3, 0.4) is 0 Å². The molecule has 0 saturated carbocycles. The van der Waals surface area contributed by atoms with Gasteiger partial charge < -0.3 is 10.4 Å². The molecule has 16 heavy (non-hydrogen) atoms. The van der Waals surface area contributed by atoms with E-state index in [1.54, 1.807) is 5.32 Å². The summed E-state index contributed by atoms with van der Waals surface area (Å²) in [5.41, 5.74) is 0. The lowest BCUT2D eigenvalue weighted by molar-refractivity contribution is -0.174. The molecule has 0 unspecified atom stereocenters. The second-order valence-corrected chi connectivity index (χ2v) is 3.51. The molecule has 0 aliphatic heterocycles. The molecule has 0 saturated heterocycles. The van der Waals surface area contributed by atoms with Crippen LogP contribution in [0, 0.1) is 5.92 Å². The van der Waals surface area contributed by atoms with E-state index in [0.29, 0.717) is 0 Å². The number of carboxylic acids is 1. The highest BCUT2D eigenvalue weighted by molar-refractivity contribution is 5.82. The third kappa shape index (κ3) is 3.25. The smallest absolute Gasteiger partial charge is 0.471 e. The topological polar surface area (TPSA) is 66.4 Å². The number of hydrogen-bond acceptors (Lipinski definition) is 2. The van der Waals surface area contributed by atoms with Crippen molar-refractivity contribution in [3.05, 3.63) is 12.2 Å². The summed E-state index contributed by atoms with van der Waals surface area (Å²) in [7, 11) is 0. The van der Waals surface area contributed by atoms with Gasteiger partial charge in [-0.1, -0.05) is 12.2 Å². The molecule has 1 aliphatic carbocycles. The average Bonchev–Trinajstić information content (AvgIpc) is 2.16. The van der Waals surface area contributed by atoms with Crippen molar-refractivity contribution in [2.45, 2.75) is 25.1 Å². The fourth-order valence-electron chi connectivity index (χ4n) is 1.45. The van der Waals surface area contributed by atoms with Crippen LogP contribution in [0.15, 0.2) is 12.2 Å². The van der Waals surface area contributed by atoms with Crippen molar-refractivity contribution in [1.29, 1.82) is 0 Å². The Labute approximate surface area is 89.1 Å². The number of halogens is 3. The van der Waals surface area contributed by atoms with Crippen molar-refractivity contribution in [1.82, 2.24) is 5.32 Å². The first-order valence-electron chi connectivity index (χ1n) is 4.58. The number of amides is 1. The van der Waals surface area contributed by atoms with E-state index in [4.69, 9.17) is 5.11 Å². The van der Waals surface area contributed by atoms with E-state index in [-0.39, 0.29) is 12.8 Å². The molecule has 90 valence electrons. The molecule has 0 aromatic heterocycles. The van der Waals surface area contributed by atoms with Crippen molar-refractivity contribution in [3.8, 4) is 0 Å². The number of carboxylic acid groups (broad SMARTS) is 1. The maximum atomic E-state index is 11.9. The van der Waals surface area contributed by atoms with E-state index in [1.165, 1.54) is 12.2 Å². The lowest BCUT2D eigenvalue weighted by atomic mass is 9.91. The van der Waals surface area contributed by atoms with Crippen LogP contribution in [-0.4, -0.2) is 29.2 Å². The van der Waals surface area contributed by atoms with Crippen LogP contribution in [0.5, 0.6) is 0 Å². The van der Waals surface area contributed by atoms with Gasteiger partial charge in [0, 0.05) is 6.04 Å². The molecule has 0 fully saturated rings. The molecule has 7 heteroatoms. The Morgan fingerprint density at radius 3 is 2.50 bits per heavy atom. The highest BCUT2D eigenvalue weighted by atomic mass is 19.4. The Morgan fingerprint density at radius 2 is 2.00 bits per heavy atom. The Hall–Kier alpha value is -1.53. The standard InChI is InChI=1S/C9H10F3NO3/c10-9(11,12)8(16)13-6-3-1-2-5(4-6)7(14)15/h1,3,5-6H,2,4H2,(H,13,16)(H,14,15)/t5-,6+/m0/s1. The molecule has 0 bridgehead atoms. The van der Waals surface area contributed by atoms with E-state index >= 15 is 0 Å². The first kappa shape index (κ1) is 12.5. The second kappa shape index (κ2) is 4.54. The molecule has 1 amide bonds. The summed E-state index contributed by atoms with van der Waals surface area (Å²) in [6.07, 6.45) is -1.85. The summed E-state index contributed by atoms with van der Waals surface area (Å²) in [6, 6.07) is -0.871. The van der Waals surface area contributed by atoms with Gasteiger partial charge in [-0.05, 0) is 12.8 Å². The van der Waals surface area contributed by atoms with E-state index in [2.05, 4.69) is 0 Å². The number of allylic oxidation sites excluding steroid dienone is 1. The van der Waals surface area contributed by atoms with Gasteiger partial charge in [0.2, 0.25) is 0 Å². The largest absolute Gasteiger partial charge is 0.481 e. The van der Waals surface area contributed by atoms with Crippen molar-refractivity contribution < 1.29 is 27.9 Å². The van der Waals surface area contributed by atoms with E-state index in [0.717, 1.165) is 0 Å². The van der Waals surface area contributed by atoms with Gasteiger partial charge in [0.25, 0.3) is 0 Å². The normalized spacial score (nSPS) is 25.2. The molecular weight excluding hydrogens is 227 g/mol. The first-order chi connectivity index (χ1) is 7.30. The van der Waals surface area contributed by atoms with Gasteiger partial charge >= 0.3 is 18.1 Å². The molecule has 0 radical (unpaired) electrons. The van der Waals surface area contributed by atoms with Crippen LogP contribution in [0.1, 0.15) is 12.8 Å². The van der Waals surface area contributed by atoms with Crippen LogP contribution in [0.4, 0.5) is 13.2 Å². The number of rotatable bonds is 2. The number of carbonyl (C=O) groups excluding carboxylic acids is 1. The zero-order chi connectivity index (χ0) is 12.3. The van der Waals surface area contributed by atoms with Crippen molar-refractivity contribution in [2.75, 3.05) is 0 Å². The molecule has 1 aliphatic rings. The zero-order valence-corrected chi connectivity index (χ0v) is 8.12. The average molecular weight is 237 g/mol. The molecule has 0 aromatic carbocycles. The van der Waals surface area contributed by atoms with Crippen LogP contribution in [0.25, 0.3) is 0 Å². The lowest BCUT2D eigenvalue weighted by Crippen LogP contribution is -2.44. The predicted molar refractivity (Wildman–Crippen MR) is 47.5 cm³/mol. The van der Waals surface area contributed by atoms with Crippen LogP contribution < -0.4 is 5.32 Å². The van der Waals surface area contributed by atoms with Crippen molar-refractivity contribution >= 4 is 11.9 Å². The summed E-state index contributed by atoms with van der Waals surface area (Å²) in [4.78, 5) is 21.2. The van der Waals surface area contributed by atoms with E-state index in [9.17, 15) is 22.8 Å². The predicted octanol–water partition coefficient (Wildman–Crippen LogP) is 1.08. The van der Waals surface area contributed by atoms with Gasteiger partial charge in [0.05, 0.1) is 5.92 Å². The molecule has 2 N–H and O–H groups in total. The Balaban J connectivity index is 2.57. The molecule has 1 rings (SSSR count). The fraction of sp³-hybridized carbons (Fsp3) is 0.556. The molecular formula is C9H10F3NO3. The van der Waals surface area contributed by atoms with Crippen molar-refractivity contribution in [2.24, 2.45) is 5.92 Å². The highest BCUT2D eigenvalue weighted by Crippen LogP contribution is 2.21. The Kier molecular flexibility index (Phi) is 3.56. The number of alkyl halides is 3. The molecule has 0 aromatic rings. The number of aliphatic carboxylic acids is 1. The quantitative estimate of drug-likeness (QED) is 0.706. The highest BCUT2D eigenvalue weighted by Gasteiger charge is 2.40. The number of carbonyl (C=O) groups is 2. The minimum atomic E-state index is -4.94. The van der Waals surface area contributed by atoms with E-state index in [1.807, 2.05) is 0 Å². The van der Waals surface area contributed by atoms with Gasteiger partial charge in [0.15, 0.2) is 0 Å². The van der Waals surface area contributed by atoms with E-state index < -0.39 is 30.0 Å². The number of nitrogens with one attached hydrogen (secondary N) is 1. The minimum Gasteiger partial charge on any atom is -0.481 e. The molecule has 0 spiro atoms. The third-order valence-electron chi connectivity index (χ3n) is 2.25. The lowest BCUT2D eigenvalue weighted by Gasteiger charge is -2.23. The maximum Gasteiger partial charge on any atom is 0.471 e. The van der Waals surface area contributed by atoms with Gasteiger partial charge in [-0.3, -0.25) is 9.59 Å². The van der Waals surface area contributed by atoms with Gasteiger partial charge in [-0.2, -0.15) is 13.2 Å². The van der Waals surface area contributed by atoms with Gasteiger partial charge in [-0.15, -0.1) is 0 Å². The molecule has 2 atom stereocenters. The number of hydrogen-bond donors (Lipinski definition) is 2. The van der Waals surface area contributed by atoms with Gasteiger partial charge in [0.1, 0.15) is 0 Å². The van der Waals surface area contributed by atoms with Crippen LogP contribution in [0.2, 0.25) is 0 Å². The van der Waals surface area contributed by atoms with Crippen LogP contribution in [-0.2, 0) is 9.59 Å². The first-order valence-corrected chi connectivity index (χ1v) is 4.58. The molecule has 4 nitrogen and oxygen atoms in total. The Bertz CT molecular complexity index is 324. The SMILES string of the molecule is O=C(O)[C@H]1CC=C[C@@H](NC(=O)C(F)(F)F)C1. The summed E-state index contributed by atoms with van der Waals surface area (Å²) < 4.78 is 35.7. The Morgan fingerprint density at radius 1 is 1.38 bits per heavy atom. The third-order valence-corrected chi connectivity index (χ3v) is 2.25.